The van der Waals surface area contributed by atoms with Crippen molar-refractivity contribution in [2.75, 3.05) is 19.8 Å². The number of aliphatic hydroxyl groups excluding tert-OH is 2. The smallest absolute Gasteiger partial charge is 0.329 e. The van der Waals surface area contributed by atoms with E-state index in [-0.39, 0.29) is 25.7 Å². The minimum absolute atomic E-state index is 0.114. The molecule has 28 nitrogen and oxygen atoms in total. The van der Waals surface area contributed by atoms with E-state index in [0.29, 0.717) is 32.2 Å². The van der Waals surface area contributed by atoms with E-state index >= 15 is 0 Å². The number of hydrogen-bond acceptors (Lipinski definition) is 17. The molecular weight excluding hydrogens is 1250 g/mol. The molecule has 1 saturated heterocycles. The summed E-state index contributed by atoms with van der Waals surface area (Å²) in [6, 6.07) is 9.83. The normalized spacial score (nSPS) is 20.2. The van der Waals surface area contributed by atoms with Gasteiger partial charge in [0.05, 0.1) is 19.3 Å². The molecule has 0 spiro atoms. The van der Waals surface area contributed by atoms with Gasteiger partial charge in [0.1, 0.15) is 66.5 Å². The Labute approximate surface area is 567 Å². The Balaban J connectivity index is 1.48. The Hall–Kier alpha value is -8.86. The summed E-state index contributed by atoms with van der Waals surface area (Å²) in [7, 11) is 0. The number of cyclic esters (lactones) is 1. The third-order valence-corrected chi connectivity index (χ3v) is 17.8. The average Bonchev–Trinajstić information content (AvgIpc) is 1.53. The lowest BCUT2D eigenvalue weighted by atomic mass is 9.94. The maximum absolute atomic E-state index is 14.5. The summed E-state index contributed by atoms with van der Waals surface area (Å²) in [4.78, 5) is 166. The van der Waals surface area contributed by atoms with Crippen molar-refractivity contribution in [2.24, 2.45) is 40.9 Å². The molecule has 1 aliphatic rings. The van der Waals surface area contributed by atoms with E-state index in [1.807, 2.05) is 78.9 Å². The highest BCUT2D eigenvalue weighted by molar-refractivity contribution is 6.00. The van der Waals surface area contributed by atoms with Gasteiger partial charge in [0, 0.05) is 6.42 Å². The van der Waals surface area contributed by atoms with Gasteiger partial charge >= 0.3 is 5.97 Å². The molecule has 28 heteroatoms. The maximum atomic E-state index is 14.5. The maximum Gasteiger partial charge on any atom is 0.329 e. The lowest BCUT2D eigenvalue weighted by Crippen LogP contribution is -2.63. The zero-order chi connectivity index (χ0) is 72.2. The lowest BCUT2D eigenvalue weighted by Gasteiger charge is -2.31. The van der Waals surface area contributed by atoms with Crippen LogP contribution < -0.4 is 70.4 Å². The Morgan fingerprint density at radius 3 is 1.47 bits per heavy atom. The minimum atomic E-state index is -1.82. The van der Waals surface area contributed by atoms with E-state index in [4.69, 9.17) is 21.9 Å². The first-order valence-electron chi connectivity index (χ1n) is 33.5. The van der Waals surface area contributed by atoms with Crippen LogP contribution in [0.3, 0.4) is 0 Å². The monoisotopic (exact) mass is 1350 g/mol. The van der Waals surface area contributed by atoms with Gasteiger partial charge in [-0.1, -0.05) is 160 Å². The van der Waals surface area contributed by atoms with E-state index in [9.17, 15) is 67.7 Å². The predicted octanol–water partition coefficient (Wildman–Crippen LogP) is 0.267. The molecule has 4 rings (SSSR count). The summed E-state index contributed by atoms with van der Waals surface area (Å²) in [5, 5.41) is 46.5. The van der Waals surface area contributed by atoms with Crippen LogP contribution >= 0.6 is 0 Å². The molecule has 1 heterocycles. The van der Waals surface area contributed by atoms with Gasteiger partial charge in [-0.2, -0.15) is 0 Å². The van der Waals surface area contributed by atoms with Crippen LogP contribution in [0, 0.1) is 23.7 Å². The summed E-state index contributed by atoms with van der Waals surface area (Å²) < 4.78 is 5.72. The Kier molecular flexibility index (Phi) is 33.2. The molecule has 1 aliphatic heterocycles. The van der Waals surface area contributed by atoms with Crippen LogP contribution in [0.25, 0.3) is 22.3 Å². The number of carbonyl (C=O) groups excluding carboxylic acids is 12. The van der Waals surface area contributed by atoms with Gasteiger partial charge in [-0.05, 0) is 104 Å². The highest BCUT2D eigenvalue weighted by atomic mass is 16.5. The van der Waals surface area contributed by atoms with Crippen LogP contribution in [0.5, 0.6) is 0 Å². The Morgan fingerprint density at radius 1 is 0.536 bits per heavy atom. The minimum Gasteiger partial charge on any atom is -0.458 e. The van der Waals surface area contributed by atoms with Crippen molar-refractivity contribution in [1.29, 1.82) is 0 Å². The number of rotatable bonds is 35. The Bertz CT molecular complexity index is 3140. The second-order valence-electron chi connectivity index (χ2n) is 25.2. The molecule has 0 saturated carbocycles. The first-order chi connectivity index (χ1) is 46.1. The van der Waals surface area contributed by atoms with E-state index < -0.39 is 193 Å². The van der Waals surface area contributed by atoms with Crippen LogP contribution in [0.4, 0.5) is 0 Å². The van der Waals surface area contributed by atoms with Gasteiger partial charge in [-0.25, -0.2) is 4.79 Å². The predicted molar refractivity (Wildman–Crippen MR) is 363 cm³/mol. The topological polar surface area (TPSA) is 453 Å². The van der Waals surface area contributed by atoms with E-state index in [2.05, 4.69) is 53.2 Å². The van der Waals surface area contributed by atoms with Crippen molar-refractivity contribution in [2.45, 2.75) is 206 Å². The zero-order valence-electron chi connectivity index (χ0n) is 57.4. The van der Waals surface area contributed by atoms with Crippen molar-refractivity contribution < 1.29 is 72.5 Å². The van der Waals surface area contributed by atoms with Crippen LogP contribution in [0.2, 0.25) is 0 Å². The van der Waals surface area contributed by atoms with E-state index in [1.165, 1.54) is 13.8 Å². The second-order valence-corrected chi connectivity index (χ2v) is 25.2. The summed E-state index contributed by atoms with van der Waals surface area (Å²) in [5.74, 6) is -13.3. The van der Waals surface area contributed by atoms with E-state index in [0.717, 1.165) is 27.8 Å². The molecule has 0 aromatic heterocycles. The summed E-state index contributed by atoms with van der Waals surface area (Å²) in [6.45, 7) is 14.4. The average molecular weight is 1350 g/mol. The fraction of sp³-hybridized carbons (Fsp3) is 0.565. The van der Waals surface area contributed by atoms with Crippen molar-refractivity contribution in [3.05, 3.63) is 84.4 Å². The SMILES string of the molecule is CC[C@@H](C)[C@@H](NC(=O)[C@@H](CCC(N)=O)NC(=O)[C@H](CO)NC(=O)[C@@H](NC(=O)[C@H](N)Cc1ccc(-c2ccc(-c3ccccc3)cc2)cc1)[C@@H](C)CC)C(=O)N[C@H](C(=O)N[C@@H](CO)C(=O)N[C@H]1C(=O)N[C@@H](C)C(=O)N[C@@H](CCCCN)C(=O)N[C@@H]([C@@H](C)CC)C(=O)O[C@H]1C)[C@@H](C)CC. The van der Waals surface area contributed by atoms with Gasteiger partial charge in [-0.15, -0.1) is 0 Å². The summed E-state index contributed by atoms with van der Waals surface area (Å²) in [5.41, 5.74) is 22.4. The number of nitrogens with one attached hydrogen (secondary N) is 10. The van der Waals surface area contributed by atoms with Crippen LogP contribution in [-0.4, -0.2) is 173 Å². The van der Waals surface area contributed by atoms with Gasteiger partial charge < -0.3 is 85.3 Å². The molecule has 0 unspecified atom stereocenters. The van der Waals surface area contributed by atoms with Crippen LogP contribution in [0.15, 0.2) is 78.9 Å². The first-order valence-corrected chi connectivity index (χ1v) is 33.5. The van der Waals surface area contributed by atoms with Crippen molar-refractivity contribution in [3.63, 3.8) is 0 Å². The molecule has 3 aromatic carbocycles. The van der Waals surface area contributed by atoms with Gasteiger partial charge in [0.2, 0.25) is 65.0 Å². The second kappa shape index (κ2) is 40.0. The van der Waals surface area contributed by atoms with Gasteiger partial charge in [-0.3, -0.25) is 52.7 Å². The van der Waals surface area contributed by atoms with Crippen LogP contribution in [0.1, 0.15) is 133 Å². The molecule has 534 valence electrons. The molecule has 97 heavy (non-hydrogen) atoms. The molecule has 0 bridgehead atoms. The lowest BCUT2D eigenvalue weighted by molar-refractivity contribution is -0.157. The van der Waals surface area contributed by atoms with Crippen molar-refractivity contribution in [1.82, 2.24) is 53.2 Å². The fourth-order valence-corrected chi connectivity index (χ4v) is 10.6. The third kappa shape index (κ3) is 24.3. The number of amides is 11. The van der Waals surface area contributed by atoms with Gasteiger partial charge in [0.15, 0.2) is 0 Å². The molecule has 0 aliphatic carbocycles. The van der Waals surface area contributed by atoms with Crippen molar-refractivity contribution in [3.8, 4) is 22.3 Å². The molecule has 3 aromatic rings. The number of carbonyl (C=O) groups is 12. The number of nitrogens with two attached hydrogens (primary N) is 3. The highest BCUT2D eigenvalue weighted by Gasteiger charge is 2.41. The quantitative estimate of drug-likeness (QED) is 0.0278. The number of esters is 1. The molecule has 1 fully saturated rings. The third-order valence-electron chi connectivity index (χ3n) is 17.8. The molecule has 0 radical (unpaired) electrons. The number of primary amides is 1. The summed E-state index contributed by atoms with van der Waals surface area (Å²) >= 11 is 0. The van der Waals surface area contributed by atoms with Crippen LogP contribution in [-0.2, 0) is 68.7 Å². The summed E-state index contributed by atoms with van der Waals surface area (Å²) in [6.07, 6.45) is 0.178. The first kappa shape index (κ1) is 80.6. The van der Waals surface area contributed by atoms with E-state index in [1.54, 1.807) is 55.4 Å². The highest BCUT2D eigenvalue weighted by Crippen LogP contribution is 2.26. The number of aliphatic hydroxyl groups is 2. The standard InChI is InChI=1S/C69H103N13O15/c1-11-37(5)54(78-60(87)48(71)34-43-23-25-45(26-24-43)47-29-27-46(28-30-47)44-20-16-15-17-21-44)65(92)76-51(35-83)63(90)75-50(31-32-53(72)85)62(89)79-56(39(7)13-3)67(94)80-55(38(6)12-2)66(93)77-52(36-84)64(91)82-58-42(10)97-69(96)57(40(8)14-4)81-61(88)49(22-18-19-33-70)74-59(86)41(9)73-68(58)95/h15-17,20-21,23-30,37-42,48-52,54-58,83-84H,11-14,18-19,22,31-36,70-71H2,1-10H3,(H2,72,85)(H,73,95)(H,74,86)(H,75,90)(H,76,92)(H,77,93)(H,78,87)(H,79,89)(H,80,94)(H,81,88)(H,82,91)/t37-,38-,39+,40-,41-,42-,48+,49-,50+,51-,52-,54-,55-,56+,57-,58+/m0/s1. The molecule has 16 atom stereocenters. The van der Waals surface area contributed by atoms with Crippen molar-refractivity contribution >= 4 is 70.9 Å². The molecule has 11 amide bonds. The number of benzene rings is 3. The number of hydrogen-bond donors (Lipinski definition) is 15. The largest absolute Gasteiger partial charge is 0.458 e. The fourth-order valence-electron chi connectivity index (χ4n) is 10.6. The number of ether oxygens (including phenoxy) is 1. The number of unbranched alkanes of at least 4 members (excludes halogenated alkanes) is 1. The Morgan fingerprint density at radius 2 is 0.990 bits per heavy atom. The zero-order valence-corrected chi connectivity index (χ0v) is 57.4. The molecular formula is C69H103N13O15. The molecule has 18 N–H and O–H groups in total. The van der Waals surface area contributed by atoms with Gasteiger partial charge in [0.25, 0.3) is 0 Å².